The van der Waals surface area contributed by atoms with E-state index in [0.717, 1.165) is 49.3 Å². The summed E-state index contributed by atoms with van der Waals surface area (Å²) in [5, 5.41) is 31.4. The first-order valence-electron chi connectivity index (χ1n) is 10.3. The molecule has 1 aliphatic heterocycles. The predicted molar refractivity (Wildman–Crippen MR) is 107 cm³/mol. The smallest absolute Gasteiger partial charge is 0.416 e. The van der Waals surface area contributed by atoms with E-state index in [2.05, 4.69) is 15.5 Å². The molecule has 7 nitrogen and oxygen atoms in total. The number of nitrogens with zero attached hydrogens (tertiary/aromatic N) is 3. The molecule has 166 valence electrons. The van der Waals surface area contributed by atoms with Gasteiger partial charge in [-0.3, -0.25) is 0 Å². The Kier molecular flexibility index (Phi) is 5.63. The second-order valence-corrected chi connectivity index (χ2v) is 8.00. The lowest BCUT2D eigenvalue weighted by Crippen LogP contribution is -2.44. The van der Waals surface area contributed by atoms with Crippen LogP contribution in [0.5, 0.6) is 5.75 Å². The van der Waals surface area contributed by atoms with Gasteiger partial charge < -0.3 is 20.4 Å². The van der Waals surface area contributed by atoms with Crippen molar-refractivity contribution in [3.8, 4) is 17.0 Å². The number of carboxylic acid groups (broad SMARTS) is 1. The van der Waals surface area contributed by atoms with E-state index < -0.39 is 23.6 Å². The van der Waals surface area contributed by atoms with Gasteiger partial charge in [-0.15, -0.1) is 10.2 Å². The number of fused-ring (bicyclic) bond motifs is 1. The number of hydrogen-bond donors (Lipinski definition) is 3. The van der Waals surface area contributed by atoms with Crippen LogP contribution in [-0.4, -0.2) is 50.5 Å². The summed E-state index contributed by atoms with van der Waals surface area (Å²) in [6, 6.07) is 2.79. The van der Waals surface area contributed by atoms with Gasteiger partial charge in [0.25, 0.3) is 0 Å². The third-order valence-electron chi connectivity index (χ3n) is 5.90. The molecule has 1 aromatic carbocycles. The first kappa shape index (κ1) is 21.2. The van der Waals surface area contributed by atoms with E-state index in [1.807, 2.05) is 0 Å². The van der Waals surface area contributed by atoms with Gasteiger partial charge in [0.1, 0.15) is 11.4 Å². The number of anilines is 1. The average molecular weight is 436 g/mol. The molecule has 0 spiro atoms. The number of rotatable bonds is 3. The molecular formula is C21H23F3N4O3. The van der Waals surface area contributed by atoms with Gasteiger partial charge >= 0.3 is 12.3 Å². The SMILES string of the molecule is O=C(O)N1CCC[C@@H](Nc2nnc(-c3ccc(C(F)(F)F)cc3O)c3c2CCCC3)C1. The van der Waals surface area contributed by atoms with Gasteiger partial charge in [0.15, 0.2) is 5.82 Å². The van der Waals surface area contributed by atoms with Crippen LogP contribution in [-0.2, 0) is 19.0 Å². The monoisotopic (exact) mass is 436 g/mol. The number of nitrogens with one attached hydrogen (secondary N) is 1. The topological polar surface area (TPSA) is 98.6 Å². The fourth-order valence-electron chi connectivity index (χ4n) is 4.35. The van der Waals surface area contributed by atoms with Crippen LogP contribution in [0.1, 0.15) is 42.4 Å². The van der Waals surface area contributed by atoms with Crippen molar-refractivity contribution in [1.82, 2.24) is 15.1 Å². The summed E-state index contributed by atoms with van der Waals surface area (Å²) in [6.45, 7) is 0.858. The van der Waals surface area contributed by atoms with Crippen LogP contribution >= 0.6 is 0 Å². The number of aromatic nitrogens is 2. The number of hydrogen-bond acceptors (Lipinski definition) is 5. The highest BCUT2D eigenvalue weighted by molar-refractivity contribution is 5.73. The fraction of sp³-hybridized carbons (Fsp3) is 0.476. The minimum atomic E-state index is -4.54. The third kappa shape index (κ3) is 4.38. The second-order valence-electron chi connectivity index (χ2n) is 8.00. The molecule has 0 radical (unpaired) electrons. The van der Waals surface area contributed by atoms with Gasteiger partial charge in [0.2, 0.25) is 0 Å². The fourth-order valence-corrected chi connectivity index (χ4v) is 4.35. The highest BCUT2D eigenvalue weighted by Gasteiger charge is 2.32. The van der Waals surface area contributed by atoms with E-state index in [1.165, 1.54) is 11.0 Å². The Labute approximate surface area is 176 Å². The minimum Gasteiger partial charge on any atom is -0.507 e. The summed E-state index contributed by atoms with van der Waals surface area (Å²) >= 11 is 0. The summed E-state index contributed by atoms with van der Waals surface area (Å²) in [6.07, 6.45) is -0.677. The number of piperidine rings is 1. The van der Waals surface area contributed by atoms with Crippen LogP contribution < -0.4 is 5.32 Å². The van der Waals surface area contributed by atoms with E-state index in [4.69, 9.17) is 0 Å². The molecule has 3 N–H and O–H groups in total. The van der Waals surface area contributed by atoms with Crippen molar-refractivity contribution in [2.45, 2.75) is 50.7 Å². The molecule has 1 aromatic heterocycles. The molecule has 10 heteroatoms. The number of carbonyl (C=O) groups is 1. The van der Waals surface area contributed by atoms with Gasteiger partial charge in [-0.05, 0) is 62.3 Å². The van der Waals surface area contributed by atoms with Gasteiger partial charge in [-0.1, -0.05) is 0 Å². The van der Waals surface area contributed by atoms with Crippen molar-refractivity contribution >= 4 is 11.9 Å². The van der Waals surface area contributed by atoms with Crippen molar-refractivity contribution in [1.29, 1.82) is 0 Å². The van der Waals surface area contributed by atoms with Gasteiger partial charge in [-0.2, -0.15) is 13.2 Å². The Hall–Kier alpha value is -3.04. The van der Waals surface area contributed by atoms with E-state index in [9.17, 15) is 28.2 Å². The first-order valence-corrected chi connectivity index (χ1v) is 10.3. The summed E-state index contributed by atoms with van der Waals surface area (Å²) < 4.78 is 38.8. The largest absolute Gasteiger partial charge is 0.507 e. The normalized spacial score (nSPS) is 19.1. The third-order valence-corrected chi connectivity index (χ3v) is 5.90. The lowest BCUT2D eigenvalue weighted by atomic mass is 9.88. The van der Waals surface area contributed by atoms with Crippen LogP contribution in [0, 0.1) is 0 Å². The number of phenolic OH excluding ortho intramolecular Hbond substituents is 1. The number of likely N-dealkylation sites (tertiary alicyclic amines) is 1. The molecule has 4 rings (SSSR count). The van der Waals surface area contributed by atoms with E-state index >= 15 is 0 Å². The van der Waals surface area contributed by atoms with Crippen LogP contribution in [0.3, 0.4) is 0 Å². The Morgan fingerprint density at radius 3 is 2.55 bits per heavy atom. The van der Waals surface area contributed by atoms with Crippen molar-refractivity contribution in [3.05, 3.63) is 34.9 Å². The van der Waals surface area contributed by atoms with Gasteiger partial charge in [0, 0.05) is 30.3 Å². The molecule has 1 saturated heterocycles. The Balaban J connectivity index is 1.66. The highest BCUT2D eigenvalue weighted by Crippen LogP contribution is 2.39. The number of benzene rings is 1. The molecular weight excluding hydrogens is 413 g/mol. The number of amides is 1. The summed E-state index contributed by atoms with van der Waals surface area (Å²) in [4.78, 5) is 12.7. The lowest BCUT2D eigenvalue weighted by Gasteiger charge is -2.32. The van der Waals surface area contributed by atoms with Gasteiger partial charge in [-0.25, -0.2) is 4.79 Å². The highest BCUT2D eigenvalue weighted by atomic mass is 19.4. The molecule has 0 saturated carbocycles. The van der Waals surface area contributed by atoms with Crippen LogP contribution in [0.15, 0.2) is 18.2 Å². The second kappa shape index (κ2) is 8.24. The molecule has 1 aliphatic carbocycles. The minimum absolute atomic E-state index is 0.0875. The zero-order valence-corrected chi connectivity index (χ0v) is 16.7. The maximum atomic E-state index is 12.9. The van der Waals surface area contributed by atoms with E-state index in [-0.39, 0.29) is 11.6 Å². The molecule has 0 unspecified atom stereocenters. The summed E-state index contributed by atoms with van der Waals surface area (Å²) in [5.74, 6) is 0.101. The van der Waals surface area contributed by atoms with E-state index in [1.54, 1.807) is 0 Å². The maximum Gasteiger partial charge on any atom is 0.416 e. The summed E-state index contributed by atoms with van der Waals surface area (Å²) in [7, 11) is 0. The molecule has 2 aromatic rings. The number of phenols is 1. The number of halogens is 3. The van der Waals surface area contributed by atoms with Crippen LogP contribution in [0.4, 0.5) is 23.8 Å². The van der Waals surface area contributed by atoms with Gasteiger partial charge in [0.05, 0.1) is 5.56 Å². The summed E-state index contributed by atoms with van der Waals surface area (Å²) in [5.41, 5.74) is 1.49. The zero-order chi connectivity index (χ0) is 22.2. The molecule has 1 atom stereocenters. The Bertz CT molecular complexity index is 997. The Morgan fingerprint density at radius 1 is 1.13 bits per heavy atom. The van der Waals surface area contributed by atoms with Crippen molar-refractivity contribution in [3.63, 3.8) is 0 Å². The molecule has 2 aliphatic rings. The van der Waals surface area contributed by atoms with Crippen LogP contribution in [0.2, 0.25) is 0 Å². The molecule has 31 heavy (non-hydrogen) atoms. The molecule has 1 amide bonds. The Morgan fingerprint density at radius 2 is 1.87 bits per heavy atom. The molecule has 0 bridgehead atoms. The lowest BCUT2D eigenvalue weighted by molar-refractivity contribution is -0.137. The molecule has 2 heterocycles. The molecule has 1 fully saturated rings. The van der Waals surface area contributed by atoms with Crippen LogP contribution in [0.25, 0.3) is 11.3 Å². The average Bonchev–Trinajstić information content (AvgIpc) is 2.74. The quantitative estimate of drug-likeness (QED) is 0.664. The standard InChI is InChI=1S/C21H23F3N4O3/c22-21(23,24)12-7-8-16(17(29)10-12)18-14-5-1-2-6-15(14)19(27-26-18)25-13-4-3-9-28(11-13)20(30)31/h7-8,10,13,29H,1-6,9,11H2,(H,25,27)(H,30,31)/t13-/m1/s1. The van der Waals surface area contributed by atoms with E-state index in [0.29, 0.717) is 37.1 Å². The number of aromatic hydroxyl groups is 1. The van der Waals surface area contributed by atoms with Crippen molar-refractivity contribution in [2.75, 3.05) is 18.4 Å². The maximum absolute atomic E-state index is 12.9. The predicted octanol–water partition coefficient (Wildman–Crippen LogP) is 4.30. The van der Waals surface area contributed by atoms with Crippen molar-refractivity contribution < 1.29 is 28.2 Å². The number of alkyl halides is 3. The first-order chi connectivity index (χ1) is 14.7. The zero-order valence-electron chi connectivity index (χ0n) is 16.7. The van der Waals surface area contributed by atoms with Crippen molar-refractivity contribution in [2.24, 2.45) is 0 Å².